The second-order valence-electron chi connectivity index (χ2n) is 6.53. The smallest absolute Gasteiger partial charge is 0.271 e. The predicted octanol–water partition coefficient (Wildman–Crippen LogP) is 4.32. The second kappa shape index (κ2) is 4.91. The van der Waals surface area contributed by atoms with E-state index in [2.05, 4.69) is 0 Å². The van der Waals surface area contributed by atoms with E-state index in [9.17, 15) is 4.79 Å². The Bertz CT molecular complexity index is 576. The maximum Gasteiger partial charge on any atom is 0.271 e. The van der Waals surface area contributed by atoms with E-state index in [1.54, 1.807) is 0 Å². The normalized spacial score (nSPS) is 24.4. The van der Waals surface area contributed by atoms with Gasteiger partial charge in [0, 0.05) is 17.1 Å². The number of amides is 1. The predicted molar refractivity (Wildman–Crippen MR) is 83.0 cm³/mol. The summed E-state index contributed by atoms with van der Waals surface area (Å²) in [6.07, 6.45) is 8.65. The number of hydrogen-bond acceptors (Lipinski definition) is 2. The number of anilines is 1. The first-order chi connectivity index (χ1) is 10.2. The molecular weight excluding hydrogens is 286 g/mol. The molecular formula is C17H20ClNO2. The van der Waals surface area contributed by atoms with Gasteiger partial charge >= 0.3 is 0 Å². The van der Waals surface area contributed by atoms with Crippen LogP contribution in [0.4, 0.5) is 5.69 Å². The van der Waals surface area contributed by atoms with Crippen LogP contribution in [0, 0.1) is 0 Å². The highest BCUT2D eigenvalue weighted by Crippen LogP contribution is 2.48. The molecule has 1 amide bonds. The van der Waals surface area contributed by atoms with Crippen LogP contribution in [-0.2, 0) is 4.79 Å². The van der Waals surface area contributed by atoms with Gasteiger partial charge in [-0.1, -0.05) is 30.9 Å². The Kier molecular flexibility index (Phi) is 3.14. The van der Waals surface area contributed by atoms with E-state index in [1.165, 1.54) is 19.3 Å². The topological polar surface area (TPSA) is 29.5 Å². The summed E-state index contributed by atoms with van der Waals surface area (Å²) >= 11 is 6.12. The van der Waals surface area contributed by atoms with E-state index in [1.807, 2.05) is 23.1 Å². The van der Waals surface area contributed by atoms with Gasteiger partial charge in [-0.2, -0.15) is 0 Å². The summed E-state index contributed by atoms with van der Waals surface area (Å²) in [6, 6.07) is 5.98. The van der Waals surface area contributed by atoms with E-state index in [-0.39, 0.29) is 5.91 Å². The van der Waals surface area contributed by atoms with Crippen molar-refractivity contribution >= 4 is 23.2 Å². The molecule has 112 valence electrons. The first-order valence-corrected chi connectivity index (χ1v) is 8.40. The number of carbonyl (C=O) groups excluding carboxylic acids is 1. The molecule has 1 heterocycles. The molecule has 0 saturated heterocycles. The summed E-state index contributed by atoms with van der Waals surface area (Å²) < 4.78 is 6.09. The molecule has 0 unspecified atom stereocenters. The van der Waals surface area contributed by atoms with E-state index in [4.69, 9.17) is 16.3 Å². The van der Waals surface area contributed by atoms with Crippen LogP contribution >= 0.6 is 11.6 Å². The molecule has 4 rings (SSSR count). The fourth-order valence-electron chi connectivity index (χ4n) is 3.87. The average Bonchev–Trinajstić information content (AvgIpc) is 2.46. The summed E-state index contributed by atoms with van der Waals surface area (Å²) in [4.78, 5) is 15.1. The molecule has 0 atom stereocenters. The van der Waals surface area contributed by atoms with Gasteiger partial charge in [-0.25, -0.2) is 0 Å². The van der Waals surface area contributed by atoms with Crippen LogP contribution in [-0.4, -0.2) is 17.6 Å². The molecule has 2 fully saturated rings. The lowest BCUT2D eigenvalue weighted by Crippen LogP contribution is -2.62. The van der Waals surface area contributed by atoms with Gasteiger partial charge in [0.05, 0.1) is 5.69 Å². The first-order valence-electron chi connectivity index (χ1n) is 8.02. The van der Waals surface area contributed by atoms with Crippen LogP contribution in [0.5, 0.6) is 5.75 Å². The van der Waals surface area contributed by atoms with Crippen LogP contribution < -0.4 is 9.64 Å². The van der Waals surface area contributed by atoms with Crippen LogP contribution in [0.15, 0.2) is 18.2 Å². The highest BCUT2D eigenvalue weighted by Gasteiger charge is 2.53. The van der Waals surface area contributed by atoms with Crippen LogP contribution in [0.2, 0.25) is 5.02 Å². The molecule has 1 spiro atoms. The Hall–Kier alpha value is -1.22. The SMILES string of the molecule is O=C1N(C2CCCCC2)c2ccc(Cl)cc2OC12CCC2. The molecule has 1 aliphatic heterocycles. The van der Waals surface area contributed by atoms with Crippen molar-refractivity contribution in [1.29, 1.82) is 0 Å². The molecule has 1 aromatic carbocycles. The molecule has 3 nitrogen and oxygen atoms in total. The van der Waals surface area contributed by atoms with Crippen molar-refractivity contribution < 1.29 is 9.53 Å². The molecule has 0 bridgehead atoms. The van der Waals surface area contributed by atoms with Crippen molar-refractivity contribution in [3.63, 3.8) is 0 Å². The Labute approximate surface area is 130 Å². The summed E-state index contributed by atoms with van der Waals surface area (Å²) in [5.74, 6) is 0.961. The summed E-state index contributed by atoms with van der Waals surface area (Å²) in [6.45, 7) is 0. The van der Waals surface area contributed by atoms with E-state index >= 15 is 0 Å². The minimum atomic E-state index is -0.602. The lowest BCUT2D eigenvalue weighted by atomic mass is 9.77. The van der Waals surface area contributed by atoms with Crippen LogP contribution in [0.25, 0.3) is 0 Å². The number of halogens is 1. The molecule has 3 aliphatic rings. The Morgan fingerprint density at radius 2 is 1.90 bits per heavy atom. The van der Waals surface area contributed by atoms with E-state index in [0.29, 0.717) is 11.1 Å². The van der Waals surface area contributed by atoms with Crippen molar-refractivity contribution in [3.8, 4) is 5.75 Å². The third kappa shape index (κ3) is 2.05. The quantitative estimate of drug-likeness (QED) is 0.773. The molecule has 0 aromatic heterocycles. The van der Waals surface area contributed by atoms with Crippen molar-refractivity contribution in [1.82, 2.24) is 0 Å². The Morgan fingerprint density at radius 1 is 1.14 bits per heavy atom. The van der Waals surface area contributed by atoms with E-state index < -0.39 is 5.60 Å². The Morgan fingerprint density at radius 3 is 2.57 bits per heavy atom. The van der Waals surface area contributed by atoms with E-state index in [0.717, 1.165) is 43.5 Å². The van der Waals surface area contributed by atoms with Crippen LogP contribution in [0.3, 0.4) is 0 Å². The molecule has 4 heteroatoms. The van der Waals surface area contributed by atoms with Gasteiger partial charge in [0.25, 0.3) is 5.91 Å². The fourth-order valence-corrected chi connectivity index (χ4v) is 4.03. The summed E-state index contributed by atoms with van der Waals surface area (Å²) in [5.41, 5.74) is 0.309. The molecule has 21 heavy (non-hydrogen) atoms. The third-order valence-corrected chi connectivity index (χ3v) is 5.43. The molecule has 2 saturated carbocycles. The van der Waals surface area contributed by atoms with Gasteiger partial charge in [0.1, 0.15) is 5.75 Å². The second-order valence-corrected chi connectivity index (χ2v) is 6.97. The van der Waals surface area contributed by atoms with Gasteiger partial charge in [-0.05, 0) is 44.2 Å². The van der Waals surface area contributed by atoms with Crippen LogP contribution in [0.1, 0.15) is 51.4 Å². The average molecular weight is 306 g/mol. The maximum atomic E-state index is 13.0. The number of ether oxygens (including phenoxy) is 1. The minimum Gasteiger partial charge on any atom is -0.475 e. The highest BCUT2D eigenvalue weighted by molar-refractivity contribution is 6.31. The van der Waals surface area contributed by atoms with Gasteiger partial charge in [0.15, 0.2) is 5.60 Å². The fraction of sp³-hybridized carbons (Fsp3) is 0.588. The zero-order valence-electron chi connectivity index (χ0n) is 12.1. The Balaban J connectivity index is 1.77. The molecule has 2 aliphatic carbocycles. The summed E-state index contributed by atoms with van der Waals surface area (Å²) in [7, 11) is 0. The lowest BCUT2D eigenvalue weighted by molar-refractivity contribution is -0.144. The molecule has 0 radical (unpaired) electrons. The zero-order chi connectivity index (χ0) is 14.4. The lowest BCUT2D eigenvalue weighted by Gasteiger charge is -2.50. The largest absolute Gasteiger partial charge is 0.475 e. The number of hydrogen-bond donors (Lipinski definition) is 0. The monoisotopic (exact) mass is 305 g/mol. The van der Waals surface area contributed by atoms with Gasteiger partial charge in [-0.15, -0.1) is 0 Å². The van der Waals surface area contributed by atoms with Crippen molar-refractivity contribution in [2.45, 2.75) is 63.0 Å². The highest BCUT2D eigenvalue weighted by atomic mass is 35.5. The minimum absolute atomic E-state index is 0.176. The van der Waals surface area contributed by atoms with Gasteiger partial charge < -0.3 is 9.64 Å². The zero-order valence-corrected chi connectivity index (χ0v) is 12.9. The van der Waals surface area contributed by atoms with Crippen molar-refractivity contribution in [2.24, 2.45) is 0 Å². The van der Waals surface area contributed by atoms with Gasteiger partial charge in [-0.3, -0.25) is 4.79 Å². The maximum absolute atomic E-state index is 13.0. The third-order valence-electron chi connectivity index (χ3n) is 5.20. The number of fused-ring (bicyclic) bond motifs is 1. The molecule has 1 aromatic rings. The number of benzene rings is 1. The first kappa shape index (κ1) is 13.4. The number of carbonyl (C=O) groups is 1. The summed E-state index contributed by atoms with van der Waals surface area (Å²) in [5, 5.41) is 0.668. The van der Waals surface area contributed by atoms with Crippen molar-refractivity contribution in [3.05, 3.63) is 23.2 Å². The molecule has 0 N–H and O–H groups in total. The van der Waals surface area contributed by atoms with Crippen molar-refractivity contribution in [2.75, 3.05) is 4.90 Å². The standard InChI is InChI=1S/C17H20ClNO2/c18-12-7-8-14-15(11-12)21-17(9-4-10-17)16(20)19(14)13-5-2-1-3-6-13/h7-8,11,13H,1-6,9-10H2. The number of nitrogens with zero attached hydrogens (tertiary/aromatic N) is 1. The van der Waals surface area contributed by atoms with Gasteiger partial charge in [0.2, 0.25) is 0 Å². The number of rotatable bonds is 1.